The molecule has 18 rings (SSSR count). The van der Waals surface area contributed by atoms with Gasteiger partial charge in [-0.1, -0.05) is 12.1 Å². The second-order valence-electron chi connectivity index (χ2n) is 23.5. The summed E-state index contributed by atoms with van der Waals surface area (Å²) in [6.45, 7) is -0.0983. The van der Waals surface area contributed by atoms with Crippen LogP contribution in [0.1, 0.15) is 0 Å². The summed E-state index contributed by atoms with van der Waals surface area (Å²) in [5, 5.41) is 4.84. The molecule has 14 aromatic carbocycles. The molecule has 2 aliphatic rings. The van der Waals surface area contributed by atoms with Gasteiger partial charge in [-0.15, -0.1) is 0 Å². The van der Waals surface area contributed by atoms with Crippen molar-refractivity contribution in [2.24, 2.45) is 0 Å². The van der Waals surface area contributed by atoms with E-state index in [1.807, 2.05) is 0 Å². The molecule has 4 nitrogen and oxygen atoms in total. The van der Waals surface area contributed by atoms with Gasteiger partial charge in [0.2, 0.25) is 0 Å². The quantitative estimate of drug-likeness (QED) is 0.127. The van der Waals surface area contributed by atoms with E-state index >= 15 is 0 Å². The molecule has 4 heterocycles. The number of hydrogen-bond acceptors (Lipinski definition) is 2. The van der Waals surface area contributed by atoms with Crippen molar-refractivity contribution in [3.63, 3.8) is 0 Å². The number of anilines is 6. The van der Waals surface area contributed by atoms with Crippen LogP contribution in [0.5, 0.6) is 0 Å². The van der Waals surface area contributed by atoms with Gasteiger partial charge in [-0.05, 0) is 0 Å². The molecule has 0 N–H and O–H groups in total. The number of para-hydroxylation sites is 9. The summed E-state index contributed by atoms with van der Waals surface area (Å²) in [5.41, 5.74) is 27.0. The van der Waals surface area contributed by atoms with Crippen molar-refractivity contribution in [1.82, 2.24) is 9.13 Å². The Hall–Kier alpha value is -11.1. The molecule has 0 unspecified atom stereocenters. The topological polar surface area (TPSA) is 16.3 Å². The number of benzene rings is 14. The fourth-order valence-electron chi connectivity index (χ4n) is 14.7. The summed E-state index contributed by atoms with van der Waals surface area (Å²) in [6.07, 6.45) is 0. The zero-order valence-corrected chi connectivity index (χ0v) is 50.7. The van der Waals surface area contributed by atoms with E-state index in [0.29, 0.717) is 0 Å². The fraction of sp³-hybridized carbons (Fsp3) is 0. The third kappa shape index (κ3) is 8.30. The van der Waals surface area contributed by atoms with E-state index in [1.165, 1.54) is 85.8 Å². The number of hydrogen-bond donors (Lipinski definition) is 0. The van der Waals surface area contributed by atoms with Crippen LogP contribution in [-0.2, 0) is 0 Å². The van der Waals surface area contributed by atoms with Gasteiger partial charge in [-0.25, -0.2) is 0 Å². The van der Waals surface area contributed by atoms with Crippen LogP contribution in [0.3, 0.4) is 0 Å². The van der Waals surface area contributed by atoms with Gasteiger partial charge in [0, 0.05) is 0 Å². The molecule has 420 valence electrons. The third-order valence-electron chi connectivity index (χ3n) is 18.5. The predicted molar refractivity (Wildman–Crippen MR) is 382 cm³/mol. The molecule has 2 aliphatic heterocycles. The number of rotatable bonds is 10. The van der Waals surface area contributed by atoms with Gasteiger partial charge in [-0.2, -0.15) is 0 Å². The zero-order chi connectivity index (χ0) is 59.2. The maximum absolute atomic E-state index is 2.71. The Morgan fingerprint density at radius 2 is 0.722 bits per heavy atom. The molecule has 0 aliphatic carbocycles. The molecule has 0 saturated carbocycles. The van der Waals surface area contributed by atoms with Gasteiger partial charge in [0.1, 0.15) is 0 Å². The normalized spacial score (nSPS) is 12.4. The Morgan fingerprint density at radius 1 is 0.289 bits per heavy atom. The first-order valence-corrected chi connectivity index (χ1v) is 32.7. The van der Waals surface area contributed by atoms with Crippen molar-refractivity contribution in [3.05, 3.63) is 334 Å². The van der Waals surface area contributed by atoms with Crippen LogP contribution in [0.4, 0.5) is 34.1 Å². The molecule has 6 heteroatoms. The van der Waals surface area contributed by atoms with E-state index in [2.05, 4.69) is 353 Å². The first-order valence-electron chi connectivity index (χ1n) is 30.9. The van der Waals surface area contributed by atoms with Crippen molar-refractivity contribution in [2.75, 3.05) is 9.80 Å². The van der Waals surface area contributed by atoms with Crippen molar-refractivity contribution in [3.8, 4) is 55.9 Å². The Kier molecular flexibility index (Phi) is 12.3. The average Bonchev–Trinajstić information content (AvgIpc) is 0.985. The summed E-state index contributed by atoms with van der Waals surface area (Å²) < 4.78 is 7.77. The van der Waals surface area contributed by atoms with E-state index < -0.39 is 0 Å². The first-order chi connectivity index (χ1) is 44.7. The second-order valence-corrected chi connectivity index (χ2v) is 25.8. The standard InChI is InChI=1S/C84H55BN4Se/c1-7-26-56(27-8-1)58-48-50-77-73(52-58)85-74-53-59(57-28-9-2-10-29-57)49-51-79(74)90-80-55-64(86(60-30-11-3-12-31-60)61-32-13-4-14-33-61)54-78(81(80)85)89(77)84-71(69-42-23-40-67-65-38-19-21-46-75(65)87(82(67)69)62-34-15-5-16-35-62)44-25-45-72(84)70-43-24-41-68-66-39-20-22-47-76(66)88(83(68)70)63-36-17-6-18-37-63/h1-55H. The summed E-state index contributed by atoms with van der Waals surface area (Å²) in [4.78, 5) is 5.18. The molecular formula is C84H55BN4Se. The Morgan fingerprint density at radius 3 is 1.26 bits per heavy atom. The summed E-state index contributed by atoms with van der Waals surface area (Å²) in [7, 11) is 0. The van der Waals surface area contributed by atoms with E-state index in [-0.39, 0.29) is 21.7 Å². The van der Waals surface area contributed by atoms with Gasteiger partial charge < -0.3 is 0 Å². The molecule has 0 bridgehead atoms. The fourth-order valence-corrected chi connectivity index (χ4v) is 17.2. The summed E-state index contributed by atoms with van der Waals surface area (Å²) in [5.74, 6) is 0. The average molecular weight is 1210 g/mol. The molecule has 2 aromatic heterocycles. The van der Waals surface area contributed by atoms with Gasteiger partial charge >= 0.3 is 521 Å². The van der Waals surface area contributed by atoms with Crippen LogP contribution in [0, 0.1) is 0 Å². The minimum absolute atomic E-state index is 0.0901. The Balaban J connectivity index is 1.02. The van der Waals surface area contributed by atoms with E-state index in [1.54, 1.807) is 0 Å². The molecule has 90 heavy (non-hydrogen) atoms. The molecule has 0 spiro atoms. The minimum atomic E-state index is -0.0983. The number of aromatic nitrogens is 2. The SMILES string of the molecule is c1ccc(-c2ccc3c(c2)B2c4cc(-c5ccccc5)ccc4N(c4c(-c5cccc6c7ccccc7n(-c7ccccc7)c56)cccc4-c4cccc5c6ccccc6n(-c6ccccc6)c45)c4cc(N(c5ccccc5)c5ccccc5)cc(c42)[Se]3)cc1. The van der Waals surface area contributed by atoms with Crippen molar-refractivity contribution in [1.29, 1.82) is 0 Å². The van der Waals surface area contributed by atoms with Crippen molar-refractivity contribution < 1.29 is 0 Å². The molecule has 0 atom stereocenters. The van der Waals surface area contributed by atoms with E-state index in [4.69, 9.17) is 0 Å². The summed E-state index contributed by atoms with van der Waals surface area (Å²) in [6, 6.07) is 124. The molecular weight excluding hydrogens is 1150 g/mol. The van der Waals surface area contributed by atoms with Gasteiger partial charge in [0.15, 0.2) is 0 Å². The van der Waals surface area contributed by atoms with Gasteiger partial charge in [0.05, 0.1) is 0 Å². The molecule has 0 saturated heterocycles. The maximum atomic E-state index is 2.71. The molecule has 0 amide bonds. The van der Waals surface area contributed by atoms with Crippen molar-refractivity contribution in [2.45, 2.75) is 0 Å². The Bertz CT molecular complexity index is 5240. The molecule has 0 fully saturated rings. The summed E-state index contributed by atoms with van der Waals surface area (Å²) >= 11 is -0.0901. The first kappa shape index (κ1) is 52.0. The molecule has 16 aromatic rings. The van der Waals surface area contributed by atoms with Crippen LogP contribution in [0.2, 0.25) is 0 Å². The second kappa shape index (κ2) is 21.3. The van der Waals surface area contributed by atoms with E-state index in [9.17, 15) is 0 Å². The van der Waals surface area contributed by atoms with Crippen LogP contribution in [-0.4, -0.2) is 30.8 Å². The number of nitrogens with zero attached hydrogens (tertiary/aromatic N) is 4. The Labute approximate surface area is 529 Å². The van der Waals surface area contributed by atoms with E-state index in [0.717, 1.165) is 73.1 Å². The van der Waals surface area contributed by atoms with Crippen LogP contribution < -0.4 is 35.1 Å². The van der Waals surface area contributed by atoms with Crippen LogP contribution in [0.15, 0.2) is 334 Å². The third-order valence-corrected chi connectivity index (χ3v) is 20.9. The number of fused-ring (bicyclic) bond motifs is 10. The van der Waals surface area contributed by atoms with Gasteiger partial charge in [-0.3, -0.25) is 0 Å². The zero-order valence-electron chi connectivity index (χ0n) is 49.0. The van der Waals surface area contributed by atoms with Crippen molar-refractivity contribution >= 4 is 125 Å². The van der Waals surface area contributed by atoms with Crippen LogP contribution in [0.25, 0.3) is 99.5 Å². The predicted octanol–water partition coefficient (Wildman–Crippen LogP) is 18.3. The van der Waals surface area contributed by atoms with Crippen LogP contribution >= 0.6 is 0 Å². The van der Waals surface area contributed by atoms with Gasteiger partial charge in [0.25, 0.3) is 0 Å². The monoisotopic (exact) mass is 1210 g/mol. The molecule has 0 radical (unpaired) electrons.